The first-order valence-corrected chi connectivity index (χ1v) is 6.08. The van der Waals surface area contributed by atoms with E-state index in [9.17, 15) is 9.90 Å². The third kappa shape index (κ3) is 3.93. The summed E-state index contributed by atoms with van der Waals surface area (Å²) in [6.07, 6.45) is 0. The molecule has 0 aliphatic carbocycles. The molecular weight excluding hydrogens is 246 g/mol. The first-order chi connectivity index (χ1) is 8.64. The smallest absolute Gasteiger partial charge is 0.271 e. The van der Waals surface area contributed by atoms with Crippen LogP contribution in [0.2, 0.25) is 0 Å². The van der Waals surface area contributed by atoms with E-state index >= 15 is 0 Å². The van der Waals surface area contributed by atoms with Crippen LogP contribution >= 0.6 is 0 Å². The lowest BCUT2D eigenvalue weighted by atomic mass is 10.1. The van der Waals surface area contributed by atoms with E-state index in [4.69, 9.17) is 5.73 Å². The predicted molar refractivity (Wildman–Crippen MR) is 73.9 cm³/mol. The zero-order valence-corrected chi connectivity index (χ0v) is 12.2. The number of rotatable bonds is 5. The average Bonchev–Trinajstić information content (AvgIpc) is 2.48. The summed E-state index contributed by atoms with van der Waals surface area (Å²) in [5, 5.41) is 16.9. The summed E-state index contributed by atoms with van der Waals surface area (Å²) in [4.78, 5) is 13.9. The van der Waals surface area contributed by atoms with Crippen LogP contribution in [-0.2, 0) is 7.05 Å². The summed E-state index contributed by atoms with van der Waals surface area (Å²) in [5.74, 6) is -0.334. The highest BCUT2D eigenvalue weighted by Gasteiger charge is 2.24. The van der Waals surface area contributed by atoms with Crippen LogP contribution in [0.15, 0.2) is 0 Å². The molecule has 0 spiro atoms. The van der Waals surface area contributed by atoms with Gasteiger partial charge >= 0.3 is 0 Å². The highest BCUT2D eigenvalue weighted by molar-refractivity contribution is 5.97. The zero-order chi connectivity index (χ0) is 14.8. The average molecular weight is 269 g/mol. The van der Waals surface area contributed by atoms with Gasteiger partial charge in [-0.15, -0.1) is 0 Å². The highest BCUT2D eigenvalue weighted by atomic mass is 16.3. The predicted octanol–water partition coefficient (Wildman–Crippen LogP) is -0.647. The van der Waals surface area contributed by atoms with Gasteiger partial charge in [0.15, 0.2) is 0 Å². The SMILES string of the molecule is Cc1nn(C)c(C(=O)NCC(C)(O)CN(C)C)c1N. The lowest BCUT2D eigenvalue weighted by Crippen LogP contribution is -2.47. The maximum Gasteiger partial charge on any atom is 0.271 e. The van der Waals surface area contributed by atoms with Crippen LogP contribution in [-0.4, -0.2) is 58.5 Å². The maximum atomic E-state index is 12.1. The van der Waals surface area contributed by atoms with Crippen molar-refractivity contribution in [2.24, 2.45) is 7.05 Å². The minimum atomic E-state index is -0.998. The normalized spacial score (nSPS) is 14.5. The van der Waals surface area contributed by atoms with Crippen molar-refractivity contribution in [2.75, 3.05) is 32.9 Å². The molecule has 0 bridgehead atoms. The molecule has 0 aromatic carbocycles. The van der Waals surface area contributed by atoms with Gasteiger partial charge in [0, 0.05) is 20.1 Å². The van der Waals surface area contributed by atoms with Gasteiger partial charge in [0.05, 0.1) is 17.0 Å². The van der Waals surface area contributed by atoms with Crippen molar-refractivity contribution in [3.05, 3.63) is 11.4 Å². The van der Waals surface area contributed by atoms with Crippen molar-refractivity contribution >= 4 is 11.6 Å². The van der Waals surface area contributed by atoms with Crippen molar-refractivity contribution in [3.63, 3.8) is 0 Å². The Morgan fingerprint density at radius 3 is 2.58 bits per heavy atom. The fraction of sp³-hybridized carbons (Fsp3) is 0.667. The minimum Gasteiger partial charge on any atom is -0.395 e. The van der Waals surface area contributed by atoms with E-state index in [-0.39, 0.29) is 12.5 Å². The van der Waals surface area contributed by atoms with E-state index in [1.54, 1.807) is 20.9 Å². The number of aliphatic hydroxyl groups is 1. The largest absolute Gasteiger partial charge is 0.395 e. The Kier molecular flexibility index (Phi) is 4.54. The molecule has 0 aliphatic rings. The van der Waals surface area contributed by atoms with Gasteiger partial charge in [-0.2, -0.15) is 5.10 Å². The fourth-order valence-corrected chi connectivity index (χ4v) is 2.04. The van der Waals surface area contributed by atoms with E-state index in [1.807, 2.05) is 19.0 Å². The number of hydrogen-bond acceptors (Lipinski definition) is 5. The quantitative estimate of drug-likeness (QED) is 0.660. The van der Waals surface area contributed by atoms with Gasteiger partial charge in [0.25, 0.3) is 5.91 Å². The molecule has 1 atom stereocenters. The molecule has 7 nitrogen and oxygen atoms in total. The van der Waals surface area contributed by atoms with E-state index < -0.39 is 5.60 Å². The molecule has 0 radical (unpaired) electrons. The van der Waals surface area contributed by atoms with Crippen LogP contribution in [0.1, 0.15) is 23.1 Å². The van der Waals surface area contributed by atoms with Crippen molar-refractivity contribution in [3.8, 4) is 0 Å². The van der Waals surface area contributed by atoms with Crippen molar-refractivity contribution in [1.82, 2.24) is 20.0 Å². The summed E-state index contributed by atoms with van der Waals surface area (Å²) < 4.78 is 1.45. The molecule has 1 unspecified atom stereocenters. The van der Waals surface area contributed by atoms with Crippen LogP contribution in [0.4, 0.5) is 5.69 Å². The number of anilines is 1. The number of nitrogen functional groups attached to an aromatic ring is 1. The van der Waals surface area contributed by atoms with Gasteiger partial charge in [0.2, 0.25) is 0 Å². The van der Waals surface area contributed by atoms with Crippen LogP contribution in [0.25, 0.3) is 0 Å². The molecule has 1 aromatic rings. The number of amides is 1. The monoisotopic (exact) mass is 269 g/mol. The Labute approximate surface area is 113 Å². The number of aryl methyl sites for hydroxylation is 2. The van der Waals surface area contributed by atoms with E-state index in [0.717, 1.165) is 0 Å². The standard InChI is InChI=1S/C12H23N5O2/c1-8-9(13)10(17(5)15-8)11(18)14-6-12(2,19)7-16(3)4/h19H,6-7,13H2,1-5H3,(H,14,18). The number of hydrogen-bond donors (Lipinski definition) is 3. The van der Waals surface area contributed by atoms with Crippen molar-refractivity contribution in [1.29, 1.82) is 0 Å². The van der Waals surface area contributed by atoms with Gasteiger partial charge in [-0.1, -0.05) is 0 Å². The zero-order valence-electron chi connectivity index (χ0n) is 12.2. The number of carbonyl (C=O) groups excluding carboxylic acids is 1. The molecule has 0 saturated heterocycles. The molecule has 7 heteroatoms. The maximum absolute atomic E-state index is 12.1. The molecule has 1 rings (SSSR count). The molecule has 1 amide bonds. The first kappa shape index (κ1) is 15.5. The first-order valence-electron chi connectivity index (χ1n) is 6.08. The van der Waals surface area contributed by atoms with Gasteiger partial charge < -0.3 is 21.1 Å². The molecule has 108 valence electrons. The van der Waals surface area contributed by atoms with Gasteiger partial charge in [0.1, 0.15) is 5.69 Å². The third-order valence-electron chi connectivity index (χ3n) is 2.77. The molecule has 0 aliphatic heterocycles. The summed E-state index contributed by atoms with van der Waals surface area (Å²) in [6, 6.07) is 0. The van der Waals surface area contributed by atoms with Gasteiger partial charge in [-0.25, -0.2) is 0 Å². The van der Waals surface area contributed by atoms with E-state index in [1.165, 1.54) is 4.68 Å². The second-order valence-electron chi connectivity index (χ2n) is 5.39. The van der Waals surface area contributed by atoms with E-state index in [2.05, 4.69) is 10.4 Å². The molecule has 0 saturated carbocycles. The van der Waals surface area contributed by atoms with Crippen LogP contribution in [0, 0.1) is 6.92 Å². The fourth-order valence-electron chi connectivity index (χ4n) is 2.04. The molecule has 4 N–H and O–H groups in total. The second kappa shape index (κ2) is 5.58. The molecule has 1 heterocycles. The number of nitrogens with one attached hydrogen (secondary N) is 1. The number of aromatic nitrogens is 2. The Morgan fingerprint density at radius 1 is 1.58 bits per heavy atom. The Balaban J connectivity index is 2.71. The van der Waals surface area contributed by atoms with Crippen LogP contribution in [0.5, 0.6) is 0 Å². The number of nitrogens with two attached hydrogens (primary N) is 1. The Hall–Kier alpha value is -1.60. The van der Waals surface area contributed by atoms with E-state index in [0.29, 0.717) is 23.6 Å². The molecular formula is C12H23N5O2. The summed E-state index contributed by atoms with van der Waals surface area (Å²) in [7, 11) is 5.38. The summed E-state index contributed by atoms with van der Waals surface area (Å²) >= 11 is 0. The van der Waals surface area contributed by atoms with Crippen molar-refractivity contribution in [2.45, 2.75) is 19.4 Å². The molecule has 0 fully saturated rings. The summed E-state index contributed by atoms with van der Waals surface area (Å²) in [6.45, 7) is 4.01. The lowest BCUT2D eigenvalue weighted by Gasteiger charge is -2.27. The van der Waals surface area contributed by atoms with Crippen LogP contribution < -0.4 is 11.1 Å². The highest BCUT2D eigenvalue weighted by Crippen LogP contribution is 2.15. The third-order valence-corrected chi connectivity index (χ3v) is 2.77. The van der Waals surface area contributed by atoms with Crippen LogP contribution in [0.3, 0.4) is 0 Å². The Bertz CT molecular complexity index is 465. The number of nitrogens with zero attached hydrogens (tertiary/aromatic N) is 3. The Morgan fingerprint density at radius 2 is 2.16 bits per heavy atom. The number of likely N-dealkylation sites (N-methyl/N-ethyl adjacent to an activating group) is 1. The van der Waals surface area contributed by atoms with Gasteiger partial charge in [-0.3, -0.25) is 9.48 Å². The minimum absolute atomic E-state index is 0.147. The topological polar surface area (TPSA) is 96.4 Å². The van der Waals surface area contributed by atoms with Crippen molar-refractivity contribution < 1.29 is 9.90 Å². The summed E-state index contributed by atoms with van der Waals surface area (Å²) in [5.41, 5.74) is 6.11. The molecule has 19 heavy (non-hydrogen) atoms. The lowest BCUT2D eigenvalue weighted by molar-refractivity contribution is 0.0324. The molecule has 1 aromatic heterocycles. The second-order valence-corrected chi connectivity index (χ2v) is 5.39. The van der Waals surface area contributed by atoms with Gasteiger partial charge in [-0.05, 0) is 27.9 Å². The number of carbonyl (C=O) groups is 1.